The summed E-state index contributed by atoms with van der Waals surface area (Å²) in [6.45, 7) is 5.20. The molecular formula is C13H18N4O. The van der Waals surface area contributed by atoms with Crippen LogP contribution >= 0.6 is 0 Å². The Morgan fingerprint density at radius 3 is 2.94 bits per heavy atom. The summed E-state index contributed by atoms with van der Waals surface area (Å²) in [5.74, 6) is 0.639. The number of nitrogens with one attached hydrogen (secondary N) is 2. The number of hydrogen-bond donors (Lipinski definition) is 3. The van der Waals surface area contributed by atoms with E-state index >= 15 is 0 Å². The Labute approximate surface area is 105 Å². The number of aromatic nitrogens is 2. The lowest BCUT2D eigenvalue weighted by molar-refractivity contribution is 0.607. The second-order valence-electron chi connectivity index (χ2n) is 4.80. The molecule has 0 fully saturated rings. The molecule has 0 atom stereocenters. The van der Waals surface area contributed by atoms with E-state index in [4.69, 9.17) is 5.73 Å². The Bertz CT molecular complexity index is 603. The van der Waals surface area contributed by atoms with Crippen LogP contribution < -0.4 is 16.6 Å². The van der Waals surface area contributed by atoms with Crippen molar-refractivity contribution in [2.45, 2.75) is 20.3 Å². The molecule has 1 aromatic heterocycles. The number of benzene rings is 1. The van der Waals surface area contributed by atoms with E-state index in [-0.39, 0.29) is 5.56 Å². The van der Waals surface area contributed by atoms with Gasteiger partial charge in [0.05, 0.1) is 28.6 Å². The number of anilines is 2. The fourth-order valence-corrected chi connectivity index (χ4v) is 1.78. The quantitative estimate of drug-likeness (QED) is 0.720. The first-order chi connectivity index (χ1) is 8.58. The van der Waals surface area contributed by atoms with Crippen LogP contribution in [0.5, 0.6) is 0 Å². The lowest BCUT2D eigenvalue weighted by Crippen LogP contribution is -2.10. The van der Waals surface area contributed by atoms with Gasteiger partial charge in [0, 0.05) is 6.54 Å². The standard InChI is InChI=1S/C13H18N4O/c1-8(2)3-4-15-12-6-11-9(5-10(12)14)13(18)17-7-16-11/h5-8,15H,3-4,14H2,1-2H3,(H,16,17,18). The van der Waals surface area contributed by atoms with E-state index in [0.29, 0.717) is 22.5 Å². The summed E-state index contributed by atoms with van der Waals surface area (Å²) in [4.78, 5) is 18.2. The molecule has 0 unspecified atom stereocenters. The zero-order valence-corrected chi connectivity index (χ0v) is 10.7. The maximum atomic E-state index is 11.6. The van der Waals surface area contributed by atoms with Crippen molar-refractivity contribution in [3.8, 4) is 0 Å². The number of aromatic amines is 1. The fourth-order valence-electron chi connectivity index (χ4n) is 1.78. The van der Waals surface area contributed by atoms with Gasteiger partial charge < -0.3 is 16.0 Å². The molecule has 0 bridgehead atoms. The molecule has 0 saturated heterocycles. The van der Waals surface area contributed by atoms with Gasteiger partial charge >= 0.3 is 0 Å². The Kier molecular flexibility index (Phi) is 3.50. The number of nitrogen functional groups attached to an aromatic ring is 1. The van der Waals surface area contributed by atoms with Crippen LogP contribution in [0.2, 0.25) is 0 Å². The van der Waals surface area contributed by atoms with Crippen LogP contribution in [0.3, 0.4) is 0 Å². The van der Waals surface area contributed by atoms with Gasteiger partial charge in [0.2, 0.25) is 0 Å². The van der Waals surface area contributed by atoms with Crippen LogP contribution in [-0.2, 0) is 0 Å². The third-order valence-electron chi connectivity index (χ3n) is 2.85. The maximum absolute atomic E-state index is 11.6. The lowest BCUT2D eigenvalue weighted by Gasteiger charge is -2.11. The molecule has 1 aromatic carbocycles. The van der Waals surface area contributed by atoms with E-state index in [1.165, 1.54) is 6.33 Å². The van der Waals surface area contributed by atoms with E-state index in [1.807, 2.05) is 6.07 Å². The van der Waals surface area contributed by atoms with Gasteiger partial charge in [-0.15, -0.1) is 0 Å². The van der Waals surface area contributed by atoms with Gasteiger partial charge in [0.25, 0.3) is 5.56 Å². The topological polar surface area (TPSA) is 83.8 Å². The van der Waals surface area contributed by atoms with Gasteiger partial charge in [-0.2, -0.15) is 0 Å². The fraction of sp³-hybridized carbons (Fsp3) is 0.385. The second kappa shape index (κ2) is 5.08. The van der Waals surface area contributed by atoms with Crippen LogP contribution in [0, 0.1) is 5.92 Å². The van der Waals surface area contributed by atoms with E-state index < -0.39 is 0 Å². The molecule has 0 saturated carbocycles. The molecule has 0 aliphatic heterocycles. The molecule has 96 valence electrons. The van der Waals surface area contributed by atoms with Gasteiger partial charge in [-0.05, 0) is 24.5 Å². The predicted molar refractivity (Wildman–Crippen MR) is 74.7 cm³/mol. The van der Waals surface area contributed by atoms with Gasteiger partial charge in [0.1, 0.15) is 0 Å². The molecule has 1 heterocycles. The molecule has 2 rings (SSSR count). The molecule has 0 radical (unpaired) electrons. The molecule has 0 spiro atoms. The summed E-state index contributed by atoms with van der Waals surface area (Å²) < 4.78 is 0. The van der Waals surface area contributed by atoms with Crippen molar-refractivity contribution in [1.82, 2.24) is 9.97 Å². The summed E-state index contributed by atoms with van der Waals surface area (Å²) in [7, 11) is 0. The van der Waals surface area contributed by atoms with Crippen LogP contribution in [0.1, 0.15) is 20.3 Å². The molecule has 0 aliphatic rings. The van der Waals surface area contributed by atoms with E-state index in [1.54, 1.807) is 6.07 Å². The van der Waals surface area contributed by atoms with Crippen molar-refractivity contribution in [2.24, 2.45) is 5.92 Å². The molecule has 5 heteroatoms. The predicted octanol–water partition coefficient (Wildman–Crippen LogP) is 1.96. The first-order valence-corrected chi connectivity index (χ1v) is 6.08. The van der Waals surface area contributed by atoms with Gasteiger partial charge in [-0.25, -0.2) is 4.98 Å². The lowest BCUT2D eigenvalue weighted by atomic mass is 10.1. The minimum Gasteiger partial charge on any atom is -0.397 e. The van der Waals surface area contributed by atoms with Crippen LogP contribution in [0.4, 0.5) is 11.4 Å². The third kappa shape index (κ3) is 2.61. The number of fused-ring (bicyclic) bond motifs is 1. The smallest absolute Gasteiger partial charge is 0.258 e. The Morgan fingerprint density at radius 1 is 1.44 bits per heavy atom. The van der Waals surface area contributed by atoms with Gasteiger partial charge in [0.15, 0.2) is 0 Å². The van der Waals surface area contributed by atoms with E-state index in [9.17, 15) is 4.79 Å². The first kappa shape index (κ1) is 12.4. The Balaban J connectivity index is 2.29. The van der Waals surface area contributed by atoms with E-state index in [2.05, 4.69) is 29.1 Å². The van der Waals surface area contributed by atoms with Crippen molar-refractivity contribution >= 4 is 22.3 Å². The maximum Gasteiger partial charge on any atom is 0.258 e. The monoisotopic (exact) mass is 246 g/mol. The highest BCUT2D eigenvalue weighted by molar-refractivity contribution is 5.88. The second-order valence-corrected chi connectivity index (χ2v) is 4.80. The van der Waals surface area contributed by atoms with Crippen LogP contribution in [0.15, 0.2) is 23.3 Å². The molecule has 2 aromatic rings. The third-order valence-corrected chi connectivity index (χ3v) is 2.85. The van der Waals surface area contributed by atoms with E-state index in [0.717, 1.165) is 18.7 Å². The van der Waals surface area contributed by atoms with Gasteiger partial charge in [-0.3, -0.25) is 4.79 Å². The molecule has 0 aliphatic carbocycles. The average molecular weight is 246 g/mol. The van der Waals surface area contributed by atoms with Crippen molar-refractivity contribution in [2.75, 3.05) is 17.6 Å². The number of nitrogens with zero attached hydrogens (tertiary/aromatic N) is 1. The van der Waals surface area contributed by atoms with Crippen molar-refractivity contribution in [3.05, 3.63) is 28.8 Å². The number of H-pyrrole nitrogens is 1. The molecule has 5 nitrogen and oxygen atoms in total. The zero-order chi connectivity index (χ0) is 13.1. The average Bonchev–Trinajstić information content (AvgIpc) is 2.31. The molecule has 0 amide bonds. The minimum atomic E-state index is -0.166. The molecular weight excluding hydrogens is 228 g/mol. The largest absolute Gasteiger partial charge is 0.397 e. The molecule has 4 N–H and O–H groups in total. The highest BCUT2D eigenvalue weighted by Crippen LogP contribution is 2.22. The first-order valence-electron chi connectivity index (χ1n) is 6.08. The minimum absolute atomic E-state index is 0.166. The van der Waals surface area contributed by atoms with Gasteiger partial charge in [-0.1, -0.05) is 13.8 Å². The Hall–Kier alpha value is -2.04. The van der Waals surface area contributed by atoms with Crippen molar-refractivity contribution in [3.63, 3.8) is 0 Å². The number of nitrogens with two attached hydrogens (primary N) is 1. The SMILES string of the molecule is CC(C)CCNc1cc2nc[nH]c(=O)c2cc1N. The van der Waals surface area contributed by atoms with Crippen molar-refractivity contribution < 1.29 is 0 Å². The summed E-state index contributed by atoms with van der Waals surface area (Å²) in [5, 5.41) is 3.80. The van der Waals surface area contributed by atoms with Crippen molar-refractivity contribution in [1.29, 1.82) is 0 Å². The van der Waals surface area contributed by atoms with Crippen LogP contribution in [0.25, 0.3) is 10.9 Å². The normalized spacial score (nSPS) is 11.1. The number of rotatable bonds is 4. The highest BCUT2D eigenvalue weighted by Gasteiger charge is 2.05. The highest BCUT2D eigenvalue weighted by atomic mass is 16.1. The van der Waals surface area contributed by atoms with Crippen LogP contribution in [-0.4, -0.2) is 16.5 Å². The summed E-state index contributed by atoms with van der Waals surface area (Å²) in [6, 6.07) is 3.49. The Morgan fingerprint density at radius 2 is 2.22 bits per heavy atom. The summed E-state index contributed by atoms with van der Waals surface area (Å²) in [5.41, 5.74) is 7.82. The molecule has 18 heavy (non-hydrogen) atoms. The summed E-state index contributed by atoms with van der Waals surface area (Å²) >= 11 is 0. The summed E-state index contributed by atoms with van der Waals surface area (Å²) in [6.07, 6.45) is 2.47. The number of hydrogen-bond acceptors (Lipinski definition) is 4. The zero-order valence-electron chi connectivity index (χ0n) is 10.7.